The monoisotopic (exact) mass is 258 g/mol. The quantitative estimate of drug-likeness (QED) is 0.253. The molecule has 0 heterocycles. The summed E-state index contributed by atoms with van der Waals surface area (Å²) in [5, 5.41) is 14.1. The standard InChI is InChI=1S/C11H22N4O3/c1-4-6-8(10(12)14-18)11(17)15(3)7-9(16)13-5-2/h8,18H,4-7H2,1-3H3,(H2,12,14)(H,13,16). The largest absolute Gasteiger partial charge is 0.409 e. The Labute approximate surface area is 107 Å². The van der Waals surface area contributed by atoms with Crippen LogP contribution in [0.3, 0.4) is 0 Å². The fourth-order valence-electron chi connectivity index (χ4n) is 1.57. The number of oxime groups is 1. The smallest absolute Gasteiger partial charge is 0.239 e. The number of nitrogens with zero attached hydrogens (tertiary/aromatic N) is 2. The van der Waals surface area contributed by atoms with Gasteiger partial charge in [0.2, 0.25) is 11.8 Å². The molecule has 7 nitrogen and oxygen atoms in total. The average molecular weight is 258 g/mol. The Morgan fingerprint density at radius 3 is 2.50 bits per heavy atom. The van der Waals surface area contributed by atoms with Crippen molar-refractivity contribution < 1.29 is 14.8 Å². The van der Waals surface area contributed by atoms with Crippen molar-refractivity contribution in [3.05, 3.63) is 0 Å². The molecule has 0 aromatic heterocycles. The van der Waals surface area contributed by atoms with Crippen molar-refractivity contribution in [2.45, 2.75) is 26.7 Å². The van der Waals surface area contributed by atoms with Crippen LogP contribution in [-0.2, 0) is 9.59 Å². The summed E-state index contributed by atoms with van der Waals surface area (Å²) in [5.74, 6) is -1.36. The molecule has 0 spiro atoms. The molecule has 0 aliphatic heterocycles. The van der Waals surface area contributed by atoms with Crippen molar-refractivity contribution in [1.82, 2.24) is 10.2 Å². The summed E-state index contributed by atoms with van der Waals surface area (Å²) >= 11 is 0. The number of likely N-dealkylation sites (N-methyl/N-ethyl adjacent to an activating group) is 2. The number of hydrogen-bond donors (Lipinski definition) is 3. The molecular weight excluding hydrogens is 236 g/mol. The van der Waals surface area contributed by atoms with E-state index in [0.29, 0.717) is 13.0 Å². The first kappa shape index (κ1) is 16.2. The zero-order valence-electron chi connectivity index (χ0n) is 11.1. The second-order valence-electron chi connectivity index (χ2n) is 4.01. The number of nitrogens with two attached hydrogens (primary N) is 1. The van der Waals surface area contributed by atoms with Gasteiger partial charge in [0.25, 0.3) is 0 Å². The number of hydrogen-bond acceptors (Lipinski definition) is 4. The minimum atomic E-state index is -0.681. The summed E-state index contributed by atoms with van der Waals surface area (Å²) < 4.78 is 0. The van der Waals surface area contributed by atoms with Crippen molar-refractivity contribution >= 4 is 17.6 Å². The zero-order chi connectivity index (χ0) is 14.1. The Hall–Kier alpha value is -1.79. The van der Waals surface area contributed by atoms with Gasteiger partial charge in [-0.2, -0.15) is 0 Å². The van der Waals surface area contributed by atoms with E-state index in [-0.39, 0.29) is 24.2 Å². The van der Waals surface area contributed by atoms with Crippen LogP contribution in [0.15, 0.2) is 5.16 Å². The van der Waals surface area contributed by atoms with E-state index in [1.807, 2.05) is 6.92 Å². The molecule has 0 saturated carbocycles. The Balaban J connectivity index is 4.61. The van der Waals surface area contributed by atoms with E-state index in [2.05, 4.69) is 10.5 Å². The predicted molar refractivity (Wildman–Crippen MR) is 68.1 cm³/mol. The van der Waals surface area contributed by atoms with Crippen LogP contribution < -0.4 is 11.1 Å². The number of carbonyl (C=O) groups is 2. The van der Waals surface area contributed by atoms with E-state index in [4.69, 9.17) is 10.9 Å². The van der Waals surface area contributed by atoms with E-state index in [1.54, 1.807) is 6.92 Å². The van der Waals surface area contributed by atoms with Crippen LogP contribution in [0.1, 0.15) is 26.7 Å². The normalized spacial score (nSPS) is 12.9. The summed E-state index contributed by atoms with van der Waals surface area (Å²) in [6.45, 7) is 4.18. The second-order valence-corrected chi connectivity index (χ2v) is 4.01. The topological polar surface area (TPSA) is 108 Å². The van der Waals surface area contributed by atoms with Gasteiger partial charge >= 0.3 is 0 Å². The lowest BCUT2D eigenvalue weighted by atomic mass is 10.0. The van der Waals surface area contributed by atoms with E-state index in [9.17, 15) is 9.59 Å². The van der Waals surface area contributed by atoms with Gasteiger partial charge in [0.15, 0.2) is 5.84 Å². The van der Waals surface area contributed by atoms with Crippen molar-refractivity contribution in [1.29, 1.82) is 0 Å². The van der Waals surface area contributed by atoms with Gasteiger partial charge in [-0.05, 0) is 13.3 Å². The molecule has 104 valence electrons. The summed E-state index contributed by atoms with van der Waals surface area (Å²) in [4.78, 5) is 24.7. The van der Waals surface area contributed by atoms with Gasteiger partial charge in [-0.25, -0.2) is 0 Å². The highest BCUT2D eigenvalue weighted by atomic mass is 16.4. The molecule has 0 aliphatic carbocycles. The van der Waals surface area contributed by atoms with Gasteiger partial charge in [0.1, 0.15) is 0 Å². The maximum atomic E-state index is 12.0. The van der Waals surface area contributed by atoms with Crippen molar-refractivity contribution in [3.63, 3.8) is 0 Å². The molecule has 18 heavy (non-hydrogen) atoms. The lowest BCUT2D eigenvalue weighted by Crippen LogP contribution is -2.44. The summed E-state index contributed by atoms with van der Waals surface area (Å²) in [6, 6.07) is 0. The SMILES string of the molecule is CCCC(C(=O)N(C)CC(=O)NCC)C(N)=NO. The Kier molecular flexibility index (Phi) is 7.50. The zero-order valence-corrected chi connectivity index (χ0v) is 11.1. The van der Waals surface area contributed by atoms with Crippen LogP contribution in [0.5, 0.6) is 0 Å². The highest BCUT2D eigenvalue weighted by Gasteiger charge is 2.26. The molecule has 0 aliphatic rings. The molecular formula is C11H22N4O3. The van der Waals surface area contributed by atoms with Crippen molar-refractivity contribution in [2.75, 3.05) is 20.1 Å². The van der Waals surface area contributed by atoms with Crippen LogP contribution in [0, 0.1) is 5.92 Å². The van der Waals surface area contributed by atoms with Gasteiger partial charge in [0.05, 0.1) is 12.5 Å². The molecule has 7 heteroatoms. The molecule has 0 aromatic carbocycles. The summed E-state index contributed by atoms with van der Waals surface area (Å²) in [7, 11) is 1.52. The van der Waals surface area contributed by atoms with Crippen molar-refractivity contribution in [2.24, 2.45) is 16.8 Å². The highest BCUT2D eigenvalue weighted by Crippen LogP contribution is 2.10. The minimum Gasteiger partial charge on any atom is -0.409 e. The third kappa shape index (κ3) is 5.03. The number of carbonyl (C=O) groups excluding carboxylic acids is 2. The maximum Gasteiger partial charge on any atom is 0.239 e. The number of amides is 2. The van der Waals surface area contributed by atoms with Crippen LogP contribution in [-0.4, -0.2) is 47.9 Å². The number of nitrogens with one attached hydrogen (secondary N) is 1. The van der Waals surface area contributed by atoms with E-state index in [0.717, 1.165) is 6.42 Å². The van der Waals surface area contributed by atoms with Gasteiger partial charge in [-0.1, -0.05) is 18.5 Å². The maximum absolute atomic E-state index is 12.0. The number of rotatable bonds is 7. The van der Waals surface area contributed by atoms with Crippen molar-refractivity contribution in [3.8, 4) is 0 Å². The molecule has 0 rings (SSSR count). The first-order valence-corrected chi connectivity index (χ1v) is 5.96. The molecule has 1 atom stereocenters. The molecule has 0 saturated heterocycles. The molecule has 1 unspecified atom stereocenters. The lowest BCUT2D eigenvalue weighted by molar-refractivity contribution is -0.136. The first-order valence-electron chi connectivity index (χ1n) is 5.96. The minimum absolute atomic E-state index is 0.0361. The lowest BCUT2D eigenvalue weighted by Gasteiger charge is -2.22. The molecule has 4 N–H and O–H groups in total. The average Bonchev–Trinajstić information content (AvgIpc) is 2.34. The third-order valence-electron chi connectivity index (χ3n) is 2.48. The fourth-order valence-corrected chi connectivity index (χ4v) is 1.57. The van der Waals surface area contributed by atoms with Crippen LogP contribution in [0.25, 0.3) is 0 Å². The van der Waals surface area contributed by atoms with Crippen LogP contribution in [0.4, 0.5) is 0 Å². The van der Waals surface area contributed by atoms with E-state index in [1.165, 1.54) is 11.9 Å². The number of amidine groups is 1. The first-order chi connectivity index (χ1) is 8.47. The van der Waals surface area contributed by atoms with E-state index >= 15 is 0 Å². The van der Waals surface area contributed by atoms with Gasteiger partial charge in [-0.15, -0.1) is 0 Å². The molecule has 0 fully saturated rings. The fraction of sp³-hybridized carbons (Fsp3) is 0.727. The van der Waals surface area contributed by atoms with Crippen LogP contribution in [0.2, 0.25) is 0 Å². The molecule has 0 radical (unpaired) electrons. The Bertz CT molecular complexity index is 317. The molecule has 0 bridgehead atoms. The van der Waals surface area contributed by atoms with Crippen LogP contribution >= 0.6 is 0 Å². The van der Waals surface area contributed by atoms with Gasteiger partial charge in [-0.3, -0.25) is 9.59 Å². The molecule has 2 amide bonds. The predicted octanol–water partition coefficient (Wildman–Crippen LogP) is -0.256. The second kappa shape index (κ2) is 8.32. The Morgan fingerprint density at radius 2 is 2.06 bits per heavy atom. The van der Waals surface area contributed by atoms with Gasteiger partial charge < -0.3 is 21.2 Å². The molecule has 0 aromatic rings. The third-order valence-corrected chi connectivity index (χ3v) is 2.48. The summed E-state index contributed by atoms with van der Waals surface area (Å²) in [5.41, 5.74) is 5.48. The van der Waals surface area contributed by atoms with E-state index < -0.39 is 5.92 Å². The van der Waals surface area contributed by atoms with Gasteiger partial charge in [0, 0.05) is 13.6 Å². The Morgan fingerprint density at radius 1 is 1.44 bits per heavy atom. The summed E-state index contributed by atoms with van der Waals surface area (Å²) in [6.07, 6.45) is 1.20. The highest BCUT2D eigenvalue weighted by molar-refractivity contribution is 6.02.